The van der Waals surface area contributed by atoms with Gasteiger partial charge in [-0.15, -0.1) is 0 Å². The highest BCUT2D eigenvalue weighted by Crippen LogP contribution is 2.48. The van der Waals surface area contributed by atoms with Gasteiger partial charge in [-0.25, -0.2) is 9.37 Å². The second kappa shape index (κ2) is 11.4. The largest absolute Gasteiger partial charge is 0.478 e. The van der Waals surface area contributed by atoms with E-state index < -0.39 is 5.97 Å². The van der Waals surface area contributed by atoms with Crippen molar-refractivity contribution < 1.29 is 14.3 Å². The Labute approximate surface area is 254 Å². The Morgan fingerprint density at radius 1 is 0.953 bits per heavy atom. The highest BCUT2D eigenvalue weighted by atomic mass is 16.4. The van der Waals surface area contributed by atoms with Crippen LogP contribution in [0.15, 0.2) is 89.0 Å². The quantitative estimate of drug-likeness (QED) is 0.238. The first-order valence-electron chi connectivity index (χ1n) is 15.6. The van der Waals surface area contributed by atoms with Crippen molar-refractivity contribution in [2.45, 2.75) is 59.3 Å². The van der Waals surface area contributed by atoms with Gasteiger partial charge in [-0.2, -0.15) is 0 Å². The summed E-state index contributed by atoms with van der Waals surface area (Å²) in [5, 5.41) is 11.3. The Morgan fingerprint density at radius 3 is 2.44 bits per heavy atom. The average molecular weight is 574 g/mol. The minimum Gasteiger partial charge on any atom is -0.478 e. The lowest BCUT2D eigenvalue weighted by molar-refractivity contribution is 0.0697. The zero-order valence-corrected chi connectivity index (χ0v) is 25.9. The van der Waals surface area contributed by atoms with Gasteiger partial charge >= 0.3 is 5.97 Å². The number of hydrogen-bond acceptors (Lipinski definition) is 3. The first kappa shape index (κ1) is 28.7. The second-order valence-corrected chi connectivity index (χ2v) is 12.0. The standard InChI is InChI=1S/C38H40N2O3/c1-6-39(7-2)26-21-22-29-33(24-26)43-36-25(14-13-17-30(36)35(29)27-15-9-10-16-28(27)37(41)42)20-23-34-38(4,5)31-18-11-12-19-32(31)40(34)8-3/h9-12,15-16,18-24H,6-8,13-14,17H2,1-5H3/p+1. The lowest BCUT2D eigenvalue weighted by atomic mass is 9.82. The smallest absolute Gasteiger partial charge is 0.336 e. The van der Waals surface area contributed by atoms with E-state index in [2.05, 4.69) is 98.7 Å². The lowest BCUT2D eigenvalue weighted by Gasteiger charge is -2.27. The van der Waals surface area contributed by atoms with E-state index in [1.165, 1.54) is 16.9 Å². The second-order valence-electron chi connectivity index (χ2n) is 12.0. The van der Waals surface area contributed by atoms with E-state index in [1.54, 1.807) is 12.1 Å². The van der Waals surface area contributed by atoms with Crippen molar-refractivity contribution in [3.63, 3.8) is 0 Å². The van der Waals surface area contributed by atoms with Crippen molar-refractivity contribution in [2.24, 2.45) is 0 Å². The maximum atomic E-state index is 12.4. The molecule has 0 saturated heterocycles. The number of hydrogen-bond donors (Lipinski definition) is 1. The summed E-state index contributed by atoms with van der Waals surface area (Å²) in [7, 11) is 0. The average Bonchev–Trinajstić information content (AvgIpc) is 3.24. The van der Waals surface area contributed by atoms with Gasteiger partial charge in [-0.1, -0.05) is 56.3 Å². The summed E-state index contributed by atoms with van der Waals surface area (Å²) in [6.45, 7) is 13.8. The number of anilines is 1. The molecular formula is C38H41N2O3+. The highest BCUT2D eigenvalue weighted by molar-refractivity contribution is 6.00. The number of carbonyl (C=O) groups is 1. The molecule has 5 heteroatoms. The normalized spacial score (nSPS) is 17.4. The molecule has 2 aromatic carbocycles. The van der Waals surface area contributed by atoms with Gasteiger partial charge in [0.1, 0.15) is 24.6 Å². The maximum Gasteiger partial charge on any atom is 0.336 e. The topological polar surface area (TPSA) is 56.7 Å². The van der Waals surface area contributed by atoms with Crippen LogP contribution in [0.3, 0.4) is 0 Å². The van der Waals surface area contributed by atoms with Crippen LogP contribution in [0.5, 0.6) is 0 Å². The van der Waals surface area contributed by atoms with Crippen LogP contribution in [0.2, 0.25) is 0 Å². The molecule has 5 nitrogen and oxygen atoms in total. The molecule has 0 atom stereocenters. The molecular weight excluding hydrogens is 532 g/mol. The van der Waals surface area contributed by atoms with E-state index in [1.807, 2.05) is 12.1 Å². The minimum atomic E-state index is -0.919. The zero-order chi connectivity index (χ0) is 30.3. The molecule has 2 aliphatic carbocycles. The van der Waals surface area contributed by atoms with Gasteiger partial charge in [0.2, 0.25) is 5.36 Å². The zero-order valence-electron chi connectivity index (χ0n) is 25.9. The molecule has 0 unspecified atom stereocenters. The van der Waals surface area contributed by atoms with Crippen LogP contribution in [0, 0.1) is 0 Å². The lowest BCUT2D eigenvalue weighted by Crippen LogP contribution is -2.29. The van der Waals surface area contributed by atoms with E-state index in [9.17, 15) is 9.90 Å². The molecule has 0 bridgehead atoms. The van der Waals surface area contributed by atoms with Gasteiger partial charge in [-0.05, 0) is 81.0 Å². The third kappa shape index (κ3) is 4.81. The van der Waals surface area contributed by atoms with Crippen LogP contribution in [-0.4, -0.2) is 30.7 Å². The third-order valence-corrected chi connectivity index (χ3v) is 9.30. The number of fused-ring (bicyclic) bond motifs is 3. The maximum absolute atomic E-state index is 12.4. The Hall–Kier alpha value is -4.38. The molecule has 220 valence electrons. The van der Waals surface area contributed by atoms with Crippen molar-refractivity contribution in [1.29, 1.82) is 0 Å². The Bertz CT molecular complexity index is 1820. The Kier molecular flexibility index (Phi) is 7.59. The molecule has 0 spiro atoms. The number of carboxylic acids is 1. The van der Waals surface area contributed by atoms with E-state index >= 15 is 0 Å². The summed E-state index contributed by atoms with van der Waals surface area (Å²) in [6, 6.07) is 22.4. The number of nitrogens with zero attached hydrogens (tertiary/aromatic N) is 2. The van der Waals surface area contributed by atoms with Crippen molar-refractivity contribution in [2.75, 3.05) is 24.5 Å². The number of carboxylic acid groups (broad SMARTS) is 1. The fraction of sp³-hybridized carbons (Fsp3) is 0.316. The summed E-state index contributed by atoms with van der Waals surface area (Å²) in [4.78, 5) is 14.8. The fourth-order valence-corrected chi connectivity index (χ4v) is 7.12. The molecule has 0 aromatic heterocycles. The summed E-state index contributed by atoms with van der Waals surface area (Å²) in [5.41, 5.74) is 9.00. The van der Waals surface area contributed by atoms with Crippen LogP contribution in [0.4, 0.5) is 5.69 Å². The number of benzene rings is 3. The van der Waals surface area contributed by atoms with E-state index in [0.717, 1.165) is 83.6 Å². The van der Waals surface area contributed by atoms with Crippen molar-refractivity contribution in [3.8, 4) is 22.5 Å². The number of rotatable bonds is 6. The minimum absolute atomic E-state index is 0.119. The molecule has 0 radical (unpaired) electrons. The van der Waals surface area contributed by atoms with Crippen LogP contribution in [0.1, 0.15) is 74.7 Å². The fourth-order valence-electron chi connectivity index (χ4n) is 7.12. The van der Waals surface area contributed by atoms with Crippen molar-refractivity contribution in [3.05, 3.63) is 112 Å². The molecule has 2 heterocycles. The summed E-state index contributed by atoms with van der Waals surface area (Å²) < 4.78 is 9.14. The van der Waals surface area contributed by atoms with Crippen LogP contribution >= 0.6 is 0 Å². The van der Waals surface area contributed by atoms with E-state index in [4.69, 9.17) is 4.42 Å². The molecule has 1 N–H and O–H groups in total. The van der Waals surface area contributed by atoms with Crippen LogP contribution in [0.25, 0.3) is 28.0 Å². The monoisotopic (exact) mass is 573 g/mol. The molecule has 0 fully saturated rings. The molecule has 2 aromatic rings. The highest BCUT2D eigenvalue weighted by Gasteiger charge is 2.39. The van der Waals surface area contributed by atoms with E-state index in [0.29, 0.717) is 5.56 Å². The number of para-hydroxylation sites is 1. The Morgan fingerprint density at radius 2 is 1.70 bits per heavy atom. The number of likely N-dealkylation sites (N-methyl/N-ethyl adjacent to an activating group) is 1. The molecule has 0 amide bonds. The van der Waals surface area contributed by atoms with Gasteiger partial charge in [0.15, 0.2) is 0 Å². The van der Waals surface area contributed by atoms with E-state index in [-0.39, 0.29) is 5.41 Å². The van der Waals surface area contributed by atoms with Crippen molar-refractivity contribution in [1.82, 2.24) is 4.58 Å². The first-order valence-corrected chi connectivity index (χ1v) is 15.6. The van der Waals surface area contributed by atoms with Crippen LogP contribution in [-0.2, 0) is 11.8 Å². The number of allylic oxidation sites excluding steroid dienone is 4. The van der Waals surface area contributed by atoms with Crippen LogP contribution < -0.4 is 14.8 Å². The van der Waals surface area contributed by atoms with Gasteiger partial charge in [-0.3, -0.25) is 0 Å². The van der Waals surface area contributed by atoms with Gasteiger partial charge < -0.3 is 14.4 Å². The van der Waals surface area contributed by atoms with Gasteiger partial charge in [0, 0.05) is 46.1 Å². The summed E-state index contributed by atoms with van der Waals surface area (Å²) in [6.07, 6.45) is 7.25. The van der Waals surface area contributed by atoms with Gasteiger partial charge in [0.05, 0.1) is 11.6 Å². The Balaban J connectivity index is 1.61. The molecule has 43 heavy (non-hydrogen) atoms. The number of aromatic carboxylic acids is 1. The van der Waals surface area contributed by atoms with Gasteiger partial charge in [0.25, 0.3) is 0 Å². The summed E-state index contributed by atoms with van der Waals surface area (Å²) >= 11 is 0. The summed E-state index contributed by atoms with van der Waals surface area (Å²) in [5.74, 6) is 0.735. The first-order chi connectivity index (χ1) is 20.8. The predicted molar refractivity (Wildman–Crippen MR) is 176 cm³/mol. The SMILES string of the molecule is CCN1C(=CC=C2CCCc3c2oc2cc(=[N+](CC)CC)ccc-2c3-c2ccccc2C(=O)O)C(C)(C)c2ccccc21. The molecule has 0 saturated carbocycles. The molecule has 4 aliphatic rings. The predicted octanol–water partition coefficient (Wildman–Crippen LogP) is 7.98. The molecule has 2 aliphatic heterocycles. The third-order valence-electron chi connectivity index (χ3n) is 9.30. The van der Waals surface area contributed by atoms with Crippen molar-refractivity contribution >= 4 is 17.2 Å². The molecule has 6 rings (SSSR count).